The van der Waals surface area contributed by atoms with Gasteiger partial charge in [0.05, 0.1) is 11.0 Å². The summed E-state index contributed by atoms with van der Waals surface area (Å²) in [4.78, 5) is 0. The van der Waals surface area contributed by atoms with E-state index in [0.29, 0.717) is 11.8 Å². The van der Waals surface area contributed by atoms with E-state index >= 15 is 0 Å². The molecule has 1 fully saturated rings. The van der Waals surface area contributed by atoms with E-state index in [1.165, 1.54) is 75.5 Å². The molecule has 2 aliphatic carbocycles. The Kier molecular flexibility index (Phi) is 5.04. The molecule has 2 aromatic carbocycles. The average molecular weight is 411 g/mol. The molecular formula is C30H36N+. The summed E-state index contributed by atoms with van der Waals surface area (Å²) < 4.78 is 2.33. The molecule has 1 heterocycles. The maximum absolute atomic E-state index is 2.50. The normalized spacial score (nSPS) is 16.2. The first-order valence-corrected chi connectivity index (χ1v) is 12.2. The van der Waals surface area contributed by atoms with E-state index in [-0.39, 0.29) is 0 Å². The Bertz CT molecular complexity index is 1200. The molecule has 0 aliphatic heterocycles. The number of hydrogen-bond donors (Lipinski definition) is 0. The molecule has 1 heteroatoms. The van der Waals surface area contributed by atoms with Gasteiger partial charge in [-0.05, 0) is 82.4 Å². The lowest BCUT2D eigenvalue weighted by Crippen LogP contribution is -2.32. The third-order valence-corrected chi connectivity index (χ3v) is 7.72. The smallest absolute Gasteiger partial charge is 0.200 e. The second-order valence-corrected chi connectivity index (χ2v) is 10.5. The van der Waals surface area contributed by atoms with Crippen molar-refractivity contribution < 1.29 is 4.57 Å². The second kappa shape index (κ2) is 7.62. The molecule has 0 N–H and O–H groups in total. The van der Waals surface area contributed by atoms with Gasteiger partial charge in [-0.15, -0.1) is 0 Å². The van der Waals surface area contributed by atoms with Crippen molar-refractivity contribution in [3.8, 4) is 0 Å². The van der Waals surface area contributed by atoms with Crippen LogP contribution in [-0.4, -0.2) is 0 Å². The van der Waals surface area contributed by atoms with Gasteiger partial charge in [0, 0.05) is 6.07 Å². The summed E-state index contributed by atoms with van der Waals surface area (Å²) in [6, 6.07) is 12.2. The molecule has 5 rings (SSSR count). The van der Waals surface area contributed by atoms with Gasteiger partial charge in [-0.1, -0.05) is 64.8 Å². The number of benzene rings is 2. The van der Waals surface area contributed by atoms with Crippen molar-refractivity contribution in [2.75, 3.05) is 0 Å². The standard InChI is InChI=1S/C30H36N/c1-18(2)23-15-26(19(3)4)20(5)27(16-23)28-17-25-14-24(21-9-7-8-10-21)13-22-11-12-31(6)30(28)29(22)25/h11-19,21H,7-10H2,1-6H3/q+1. The number of pyridine rings is 1. The zero-order valence-corrected chi connectivity index (χ0v) is 20.0. The fourth-order valence-electron chi connectivity index (χ4n) is 5.89. The Hall–Kier alpha value is -2.41. The molecule has 31 heavy (non-hydrogen) atoms. The van der Waals surface area contributed by atoms with Crippen molar-refractivity contribution >= 4 is 22.4 Å². The maximum Gasteiger partial charge on any atom is 0.221 e. The zero-order chi connectivity index (χ0) is 21.9. The lowest BCUT2D eigenvalue weighted by atomic mass is 9.85. The fraction of sp³-hybridized carbons (Fsp3) is 0.433. The van der Waals surface area contributed by atoms with Crippen LogP contribution in [0.3, 0.4) is 0 Å². The predicted octanol–water partition coefficient (Wildman–Crippen LogP) is 7.78. The molecule has 1 aromatic heterocycles. The summed E-state index contributed by atoms with van der Waals surface area (Å²) >= 11 is 0. The van der Waals surface area contributed by atoms with Crippen molar-refractivity contribution in [1.82, 2.24) is 0 Å². The summed E-state index contributed by atoms with van der Waals surface area (Å²) in [5.74, 6) is 1.80. The van der Waals surface area contributed by atoms with E-state index in [1.54, 1.807) is 5.56 Å². The average Bonchev–Trinajstić information content (AvgIpc) is 3.39. The Morgan fingerprint density at radius 1 is 0.935 bits per heavy atom. The monoisotopic (exact) mass is 410 g/mol. The highest BCUT2D eigenvalue weighted by atomic mass is 14.9. The highest BCUT2D eigenvalue weighted by Crippen LogP contribution is 2.44. The molecule has 1 saturated carbocycles. The molecule has 0 bridgehead atoms. The summed E-state index contributed by atoms with van der Waals surface area (Å²) in [6.45, 7) is 11.6. The molecule has 0 atom stereocenters. The summed E-state index contributed by atoms with van der Waals surface area (Å²) in [5.41, 5.74) is 11.5. The van der Waals surface area contributed by atoms with Gasteiger partial charge in [0.1, 0.15) is 7.05 Å². The van der Waals surface area contributed by atoms with Gasteiger partial charge in [0.2, 0.25) is 5.69 Å². The first-order valence-electron chi connectivity index (χ1n) is 12.2. The molecular weight excluding hydrogens is 374 g/mol. The van der Waals surface area contributed by atoms with Crippen LogP contribution in [0.15, 0.2) is 36.5 Å². The second-order valence-electron chi connectivity index (χ2n) is 10.5. The van der Waals surface area contributed by atoms with Crippen LogP contribution in [-0.2, 0) is 7.05 Å². The van der Waals surface area contributed by atoms with Crippen LogP contribution in [0.2, 0.25) is 0 Å². The van der Waals surface area contributed by atoms with Gasteiger partial charge in [-0.25, -0.2) is 4.57 Å². The minimum atomic E-state index is 0.528. The van der Waals surface area contributed by atoms with Gasteiger partial charge < -0.3 is 0 Å². The quantitative estimate of drug-likeness (QED) is 0.302. The lowest BCUT2D eigenvalue weighted by molar-refractivity contribution is -0.672. The van der Waals surface area contributed by atoms with Crippen LogP contribution in [0.1, 0.15) is 110 Å². The van der Waals surface area contributed by atoms with Crippen molar-refractivity contribution in [3.63, 3.8) is 0 Å². The molecule has 0 saturated heterocycles. The van der Waals surface area contributed by atoms with Crippen LogP contribution in [0.4, 0.5) is 0 Å². The highest BCUT2D eigenvalue weighted by Gasteiger charge is 2.30. The Morgan fingerprint density at radius 3 is 2.35 bits per heavy atom. The largest absolute Gasteiger partial charge is 0.221 e. The van der Waals surface area contributed by atoms with Crippen LogP contribution >= 0.6 is 0 Å². The van der Waals surface area contributed by atoms with Crippen molar-refractivity contribution in [1.29, 1.82) is 0 Å². The Balaban J connectivity index is 1.75. The van der Waals surface area contributed by atoms with E-state index in [1.807, 2.05) is 0 Å². The van der Waals surface area contributed by atoms with Crippen LogP contribution in [0.25, 0.3) is 22.4 Å². The number of nitrogens with zero attached hydrogens (tertiary/aromatic N) is 1. The highest BCUT2D eigenvalue weighted by molar-refractivity contribution is 6.11. The minimum absolute atomic E-state index is 0.528. The van der Waals surface area contributed by atoms with Crippen LogP contribution in [0, 0.1) is 6.92 Å². The Labute approximate surface area is 187 Å². The van der Waals surface area contributed by atoms with Gasteiger partial charge in [-0.2, -0.15) is 0 Å². The third kappa shape index (κ3) is 3.34. The summed E-state index contributed by atoms with van der Waals surface area (Å²) in [7, 11) is 2.20. The molecule has 0 unspecified atom stereocenters. The van der Waals surface area contributed by atoms with Gasteiger partial charge >= 0.3 is 0 Å². The summed E-state index contributed by atoms with van der Waals surface area (Å²) in [5, 5.41) is 2.84. The number of aromatic nitrogens is 1. The Morgan fingerprint density at radius 2 is 1.68 bits per heavy atom. The number of aryl methyl sites for hydroxylation is 1. The van der Waals surface area contributed by atoms with E-state index in [4.69, 9.17) is 0 Å². The van der Waals surface area contributed by atoms with Gasteiger partial charge in [-0.3, -0.25) is 0 Å². The molecule has 1 nitrogen and oxygen atoms in total. The first-order chi connectivity index (χ1) is 14.8. The fourth-order valence-corrected chi connectivity index (χ4v) is 5.89. The van der Waals surface area contributed by atoms with Crippen molar-refractivity contribution in [2.45, 2.75) is 78.1 Å². The van der Waals surface area contributed by atoms with Crippen LogP contribution < -0.4 is 4.57 Å². The van der Waals surface area contributed by atoms with Gasteiger partial charge in [0.15, 0.2) is 6.20 Å². The molecule has 0 radical (unpaired) electrons. The van der Waals surface area contributed by atoms with E-state index in [9.17, 15) is 0 Å². The molecule has 0 spiro atoms. The van der Waals surface area contributed by atoms with E-state index < -0.39 is 0 Å². The third-order valence-electron chi connectivity index (χ3n) is 7.72. The molecule has 3 aromatic rings. The molecule has 2 aliphatic rings. The molecule has 160 valence electrons. The zero-order valence-electron chi connectivity index (χ0n) is 20.0. The van der Waals surface area contributed by atoms with Gasteiger partial charge in [0.25, 0.3) is 0 Å². The number of hydrogen-bond acceptors (Lipinski definition) is 0. The van der Waals surface area contributed by atoms with Crippen molar-refractivity contribution in [2.24, 2.45) is 7.05 Å². The number of rotatable bonds is 4. The van der Waals surface area contributed by atoms with Crippen LogP contribution in [0.5, 0.6) is 0 Å². The predicted molar refractivity (Wildman–Crippen MR) is 133 cm³/mol. The molecule has 0 amide bonds. The van der Waals surface area contributed by atoms with E-state index in [0.717, 1.165) is 5.92 Å². The maximum atomic E-state index is 2.50. The lowest BCUT2D eigenvalue weighted by Gasteiger charge is -2.19. The minimum Gasteiger partial charge on any atom is -0.200 e. The SMILES string of the molecule is Cc1c(C2=Cc3cc(C4CCCC4)cc4cc[n+](C)c2c34)cc(C(C)C)cc1C(C)C. The summed E-state index contributed by atoms with van der Waals surface area (Å²) in [6.07, 6.45) is 10.2. The van der Waals surface area contributed by atoms with E-state index in [2.05, 4.69) is 88.8 Å². The first kappa shape index (κ1) is 20.5. The van der Waals surface area contributed by atoms with Crippen molar-refractivity contribution in [3.05, 3.63) is 75.6 Å². The topological polar surface area (TPSA) is 3.88 Å².